The number of carbonyl (C=O) groups is 4. The Morgan fingerprint density at radius 3 is 2.42 bits per heavy atom. The zero-order chi connectivity index (χ0) is 41.8. The van der Waals surface area contributed by atoms with Crippen LogP contribution in [-0.2, 0) is 29.1 Å². The lowest BCUT2D eigenvalue weighted by molar-refractivity contribution is -0.141. The molecule has 0 spiro atoms. The summed E-state index contributed by atoms with van der Waals surface area (Å²) in [6.07, 6.45) is 4.08. The van der Waals surface area contributed by atoms with Crippen molar-refractivity contribution >= 4 is 66.8 Å². The van der Waals surface area contributed by atoms with Gasteiger partial charge in [0.2, 0.25) is 21.8 Å². The summed E-state index contributed by atoms with van der Waals surface area (Å²) in [6.45, 7) is 7.26. The maximum atomic E-state index is 14.6. The molecular weight excluding hydrogens is 783 g/mol. The Morgan fingerprint density at radius 2 is 1.76 bits per heavy atom. The van der Waals surface area contributed by atoms with E-state index < -0.39 is 74.7 Å². The molecule has 2 aromatic heterocycles. The number of nitrogens with one attached hydrogen (secondary N) is 3. The number of likely N-dealkylation sites (tertiary alicyclic amines) is 1. The number of pyridine rings is 1. The van der Waals surface area contributed by atoms with Crippen LogP contribution in [0.1, 0.15) is 65.2 Å². The van der Waals surface area contributed by atoms with E-state index in [2.05, 4.69) is 21.9 Å². The summed E-state index contributed by atoms with van der Waals surface area (Å²) >= 11 is 0. The van der Waals surface area contributed by atoms with E-state index in [-0.39, 0.29) is 25.5 Å². The van der Waals surface area contributed by atoms with Gasteiger partial charge in [0.05, 0.1) is 36.9 Å². The van der Waals surface area contributed by atoms with E-state index in [1.807, 2.05) is 12.1 Å². The number of hydrogen-bond donors (Lipinski definition) is 3. The molecule has 0 radical (unpaired) electrons. The SMILES string of the molecule is C=CC1CC1(NC(=O)[C@@H]1C[C@@H](Oc2c3ccc(OC)cc3nc3c2oc2c(OC)cccc23)CN1C(=O)[C@@H](NC(=O)OC1CCCC1)C(C)C)C(=O)NS(=O)(=O)C1CC1. The highest BCUT2D eigenvalue weighted by Crippen LogP contribution is 2.46. The fraction of sp³-hybridized carbons (Fsp3) is 0.500. The molecule has 1 aliphatic heterocycles. The molecule has 4 aliphatic rings. The van der Waals surface area contributed by atoms with Crippen LogP contribution in [0.3, 0.4) is 0 Å². The Balaban J connectivity index is 1.14. The number of benzene rings is 2. The molecule has 4 amide bonds. The van der Waals surface area contributed by atoms with Crippen LogP contribution in [0.25, 0.3) is 33.0 Å². The molecule has 17 heteroatoms. The zero-order valence-electron chi connectivity index (χ0n) is 33.4. The highest BCUT2D eigenvalue weighted by molar-refractivity contribution is 7.91. The molecule has 3 N–H and O–H groups in total. The Hall–Kier alpha value is -5.58. The van der Waals surface area contributed by atoms with E-state index in [4.69, 9.17) is 28.3 Å². The third kappa shape index (κ3) is 7.60. The molecule has 16 nitrogen and oxygen atoms in total. The number of nitrogens with zero attached hydrogens (tertiary/aromatic N) is 2. The first-order valence-corrected chi connectivity index (χ1v) is 21.6. The van der Waals surface area contributed by atoms with Crippen LogP contribution in [0.5, 0.6) is 17.2 Å². The average Bonchev–Trinajstić information content (AvgIpc) is 4.04. The lowest BCUT2D eigenvalue weighted by atomic mass is 10.0. The Labute approximate surface area is 341 Å². The molecular formula is C42H49N5O11S. The summed E-state index contributed by atoms with van der Waals surface area (Å²) in [5.41, 5.74) is 0.228. The average molecular weight is 832 g/mol. The quantitative estimate of drug-likeness (QED) is 0.146. The first-order valence-electron chi connectivity index (χ1n) is 20.1. The van der Waals surface area contributed by atoms with E-state index in [0.29, 0.717) is 63.1 Å². The van der Waals surface area contributed by atoms with Gasteiger partial charge in [-0.05, 0) is 75.1 Å². The predicted molar refractivity (Wildman–Crippen MR) is 216 cm³/mol. The lowest BCUT2D eigenvalue weighted by Crippen LogP contribution is -2.59. The fourth-order valence-electron chi connectivity index (χ4n) is 8.36. The molecule has 4 aromatic rings. The number of amides is 4. The van der Waals surface area contributed by atoms with Crippen LogP contribution >= 0.6 is 0 Å². The molecule has 314 valence electrons. The summed E-state index contributed by atoms with van der Waals surface area (Å²) in [5, 5.41) is 6.17. The molecule has 59 heavy (non-hydrogen) atoms. The molecule has 3 heterocycles. The standard InChI is InChI=1S/C42H49N5O11S/c1-6-23-20-42(23,40(50)46-59(52,53)27-15-16-27)45-38(48)31-19-26(21-47(31)39(49)33(22(2)3)44-41(51)57-24-10-7-8-11-24)56-36-28-17-14-25(54-4)18-30(28)43-34-29-12-9-13-32(55-5)35(29)58-37(34)36/h6,9,12-14,17-18,22-24,26-27,31,33H,1,7-8,10-11,15-16,19-21H2,2-5H3,(H,44,51)(H,45,48)(H,46,50)/t23?,26-,31+,33+,42?/m1/s1. The number of hydrogen-bond acceptors (Lipinski definition) is 12. The minimum absolute atomic E-state index is 0.0310. The molecule has 2 aromatic carbocycles. The smallest absolute Gasteiger partial charge is 0.408 e. The van der Waals surface area contributed by atoms with Crippen LogP contribution in [0.15, 0.2) is 53.5 Å². The molecule has 8 rings (SSSR count). The maximum Gasteiger partial charge on any atom is 0.408 e. The highest BCUT2D eigenvalue weighted by Gasteiger charge is 2.62. The summed E-state index contributed by atoms with van der Waals surface area (Å²) in [4.78, 5) is 62.2. The van der Waals surface area contributed by atoms with Gasteiger partial charge in [0.25, 0.3) is 5.91 Å². The monoisotopic (exact) mass is 831 g/mol. The van der Waals surface area contributed by atoms with Gasteiger partial charge in [0, 0.05) is 23.8 Å². The predicted octanol–water partition coefficient (Wildman–Crippen LogP) is 4.86. The minimum atomic E-state index is -3.93. The van der Waals surface area contributed by atoms with Crippen molar-refractivity contribution in [3.8, 4) is 17.2 Å². The number of rotatable bonds is 14. The number of aromatic nitrogens is 1. The molecule has 3 aliphatic carbocycles. The van der Waals surface area contributed by atoms with Gasteiger partial charge < -0.3 is 38.9 Å². The molecule has 0 bridgehead atoms. The van der Waals surface area contributed by atoms with Crippen molar-refractivity contribution in [2.75, 3.05) is 20.8 Å². The van der Waals surface area contributed by atoms with Gasteiger partial charge in [-0.3, -0.25) is 19.1 Å². The molecule has 3 saturated carbocycles. The van der Waals surface area contributed by atoms with Crippen molar-refractivity contribution in [1.82, 2.24) is 25.2 Å². The molecule has 1 saturated heterocycles. The summed E-state index contributed by atoms with van der Waals surface area (Å²) in [5.74, 6) is -1.69. The second kappa shape index (κ2) is 15.5. The number of ether oxygens (including phenoxy) is 4. The normalized spacial score (nSPS) is 23.6. The third-order valence-electron chi connectivity index (χ3n) is 11.9. The maximum absolute atomic E-state index is 14.6. The third-order valence-corrected chi connectivity index (χ3v) is 13.7. The number of furan rings is 1. The lowest BCUT2D eigenvalue weighted by Gasteiger charge is -2.31. The van der Waals surface area contributed by atoms with Gasteiger partial charge in [-0.15, -0.1) is 6.58 Å². The summed E-state index contributed by atoms with van der Waals surface area (Å²) in [7, 11) is -0.841. The van der Waals surface area contributed by atoms with E-state index >= 15 is 0 Å². The summed E-state index contributed by atoms with van der Waals surface area (Å²) < 4.78 is 57.8. The van der Waals surface area contributed by atoms with Crippen LogP contribution in [0.4, 0.5) is 4.79 Å². The van der Waals surface area contributed by atoms with Crippen LogP contribution in [0.2, 0.25) is 0 Å². The Bertz CT molecular complexity index is 2460. The highest BCUT2D eigenvalue weighted by atomic mass is 32.2. The Kier molecular flexibility index (Phi) is 10.6. The number of fused-ring (bicyclic) bond motifs is 4. The van der Waals surface area contributed by atoms with Gasteiger partial charge in [-0.1, -0.05) is 26.0 Å². The van der Waals surface area contributed by atoms with E-state index in [0.717, 1.165) is 25.7 Å². The van der Waals surface area contributed by atoms with Gasteiger partial charge in [0.1, 0.15) is 41.1 Å². The number of sulfonamides is 1. The topological polar surface area (TPSA) is 205 Å². The first kappa shape index (κ1) is 40.2. The second-order valence-corrected chi connectivity index (χ2v) is 18.2. The Morgan fingerprint density at radius 1 is 1.00 bits per heavy atom. The largest absolute Gasteiger partial charge is 0.497 e. The number of para-hydroxylation sites is 1. The van der Waals surface area contributed by atoms with Crippen molar-refractivity contribution in [2.24, 2.45) is 11.8 Å². The van der Waals surface area contributed by atoms with Crippen molar-refractivity contribution in [1.29, 1.82) is 0 Å². The van der Waals surface area contributed by atoms with Crippen LogP contribution in [-0.4, -0.2) is 98.0 Å². The summed E-state index contributed by atoms with van der Waals surface area (Å²) in [6, 6.07) is 8.49. The van der Waals surface area contributed by atoms with Crippen LogP contribution < -0.4 is 29.6 Å². The van der Waals surface area contributed by atoms with Crippen molar-refractivity contribution < 1.29 is 51.0 Å². The molecule has 2 unspecified atom stereocenters. The second-order valence-electron chi connectivity index (χ2n) is 16.3. The van der Waals surface area contributed by atoms with E-state index in [9.17, 15) is 27.6 Å². The number of carbonyl (C=O) groups excluding carboxylic acids is 4. The van der Waals surface area contributed by atoms with Crippen molar-refractivity contribution in [2.45, 2.75) is 100 Å². The number of alkyl carbamates (subject to hydrolysis) is 1. The minimum Gasteiger partial charge on any atom is -0.497 e. The van der Waals surface area contributed by atoms with Gasteiger partial charge in [0.15, 0.2) is 22.7 Å². The van der Waals surface area contributed by atoms with Gasteiger partial charge >= 0.3 is 6.09 Å². The van der Waals surface area contributed by atoms with Crippen LogP contribution in [0, 0.1) is 11.8 Å². The zero-order valence-corrected chi connectivity index (χ0v) is 34.3. The van der Waals surface area contributed by atoms with E-state index in [1.165, 1.54) is 18.1 Å². The number of methoxy groups -OCH3 is 2. The molecule has 5 atom stereocenters. The van der Waals surface area contributed by atoms with Gasteiger partial charge in [-0.25, -0.2) is 18.2 Å². The fourth-order valence-corrected chi connectivity index (χ4v) is 9.72. The van der Waals surface area contributed by atoms with E-state index in [1.54, 1.807) is 45.2 Å². The molecule has 4 fully saturated rings. The van der Waals surface area contributed by atoms with Gasteiger partial charge in [-0.2, -0.15) is 0 Å². The van der Waals surface area contributed by atoms with Crippen molar-refractivity contribution in [3.63, 3.8) is 0 Å². The van der Waals surface area contributed by atoms with Crippen molar-refractivity contribution in [3.05, 3.63) is 49.1 Å². The first-order chi connectivity index (χ1) is 28.3.